The SMILES string of the molecule is CCCN1CCN(C(=O)c2ccc(C[S@](=O)c3cccc(C)c3)o2)CC1. The number of rotatable bonds is 6. The van der Waals surface area contributed by atoms with Crippen LogP contribution in [0.1, 0.15) is 35.2 Å². The van der Waals surface area contributed by atoms with Gasteiger partial charge in [-0.05, 0) is 49.7 Å². The second-order valence-corrected chi connectivity index (χ2v) is 8.16. The molecule has 0 aliphatic carbocycles. The van der Waals surface area contributed by atoms with Crippen LogP contribution in [0.15, 0.2) is 45.7 Å². The molecular formula is C20H26N2O3S. The van der Waals surface area contributed by atoms with E-state index >= 15 is 0 Å². The minimum Gasteiger partial charge on any atom is -0.455 e. The summed E-state index contributed by atoms with van der Waals surface area (Å²) in [5, 5.41) is 0. The van der Waals surface area contributed by atoms with E-state index < -0.39 is 10.8 Å². The molecule has 5 nitrogen and oxygen atoms in total. The molecule has 1 atom stereocenters. The molecule has 0 unspecified atom stereocenters. The van der Waals surface area contributed by atoms with Gasteiger partial charge in [0.05, 0.1) is 16.6 Å². The molecule has 2 heterocycles. The van der Waals surface area contributed by atoms with Crippen LogP contribution in [-0.4, -0.2) is 52.6 Å². The van der Waals surface area contributed by atoms with E-state index in [9.17, 15) is 9.00 Å². The van der Waals surface area contributed by atoms with Gasteiger partial charge in [-0.15, -0.1) is 0 Å². The van der Waals surface area contributed by atoms with Gasteiger partial charge in [0.25, 0.3) is 5.91 Å². The van der Waals surface area contributed by atoms with Crippen molar-refractivity contribution in [2.45, 2.75) is 30.9 Å². The van der Waals surface area contributed by atoms with E-state index in [1.807, 2.05) is 36.1 Å². The predicted molar refractivity (Wildman–Crippen MR) is 103 cm³/mol. The standard InChI is InChI=1S/C20H26N2O3S/c1-3-9-21-10-12-22(13-11-21)20(23)19-8-7-17(25-19)15-26(24)18-6-4-5-16(2)14-18/h4-8,14H,3,9-13,15H2,1-2H3/t26-/m0/s1. The Labute approximate surface area is 157 Å². The third kappa shape index (κ3) is 4.62. The Kier molecular flexibility index (Phi) is 6.27. The van der Waals surface area contributed by atoms with Gasteiger partial charge in [0.2, 0.25) is 0 Å². The van der Waals surface area contributed by atoms with E-state index in [0.717, 1.165) is 49.6 Å². The number of aryl methyl sites for hydroxylation is 1. The zero-order chi connectivity index (χ0) is 18.5. The molecule has 1 aromatic carbocycles. The molecule has 1 aliphatic heterocycles. The van der Waals surface area contributed by atoms with Crippen molar-refractivity contribution in [3.63, 3.8) is 0 Å². The summed E-state index contributed by atoms with van der Waals surface area (Å²) in [6, 6.07) is 11.1. The van der Waals surface area contributed by atoms with E-state index in [4.69, 9.17) is 4.42 Å². The Morgan fingerprint density at radius 3 is 2.62 bits per heavy atom. The van der Waals surface area contributed by atoms with Crippen molar-refractivity contribution in [1.29, 1.82) is 0 Å². The normalized spacial score (nSPS) is 16.6. The fraction of sp³-hybridized carbons (Fsp3) is 0.450. The lowest BCUT2D eigenvalue weighted by atomic mass is 10.2. The van der Waals surface area contributed by atoms with Crippen molar-refractivity contribution in [2.24, 2.45) is 0 Å². The average Bonchev–Trinajstić information content (AvgIpc) is 3.10. The molecule has 3 rings (SSSR count). The van der Waals surface area contributed by atoms with Crippen LogP contribution in [0.2, 0.25) is 0 Å². The Morgan fingerprint density at radius 1 is 1.15 bits per heavy atom. The quantitative estimate of drug-likeness (QED) is 0.780. The van der Waals surface area contributed by atoms with Gasteiger partial charge >= 0.3 is 0 Å². The van der Waals surface area contributed by atoms with Crippen molar-refractivity contribution in [1.82, 2.24) is 9.80 Å². The van der Waals surface area contributed by atoms with Gasteiger partial charge in [0, 0.05) is 31.1 Å². The predicted octanol–water partition coefficient (Wildman–Crippen LogP) is 3.06. The van der Waals surface area contributed by atoms with Crippen LogP contribution in [0.25, 0.3) is 0 Å². The Bertz CT molecular complexity index is 779. The van der Waals surface area contributed by atoms with E-state index in [2.05, 4.69) is 11.8 Å². The van der Waals surface area contributed by atoms with Crippen LogP contribution in [0.3, 0.4) is 0 Å². The first-order valence-electron chi connectivity index (χ1n) is 9.12. The molecule has 1 fully saturated rings. The zero-order valence-corrected chi connectivity index (χ0v) is 16.3. The highest BCUT2D eigenvalue weighted by atomic mass is 32.2. The topological polar surface area (TPSA) is 53.8 Å². The van der Waals surface area contributed by atoms with E-state index in [-0.39, 0.29) is 11.7 Å². The number of hydrogen-bond donors (Lipinski definition) is 0. The first-order chi connectivity index (χ1) is 12.6. The van der Waals surface area contributed by atoms with E-state index in [1.54, 1.807) is 12.1 Å². The van der Waals surface area contributed by atoms with Crippen LogP contribution in [0, 0.1) is 6.92 Å². The van der Waals surface area contributed by atoms with Crippen LogP contribution < -0.4 is 0 Å². The zero-order valence-electron chi connectivity index (χ0n) is 15.4. The molecule has 0 spiro atoms. The summed E-state index contributed by atoms with van der Waals surface area (Å²) in [5.74, 6) is 1.12. The van der Waals surface area contributed by atoms with Gasteiger partial charge in [0.15, 0.2) is 5.76 Å². The second kappa shape index (κ2) is 8.64. The molecule has 0 bridgehead atoms. The highest BCUT2D eigenvalue weighted by Crippen LogP contribution is 2.18. The number of amides is 1. The number of carbonyl (C=O) groups excluding carboxylic acids is 1. The summed E-state index contributed by atoms with van der Waals surface area (Å²) >= 11 is 0. The number of nitrogens with zero attached hydrogens (tertiary/aromatic N) is 2. The molecule has 26 heavy (non-hydrogen) atoms. The molecule has 0 N–H and O–H groups in total. The Morgan fingerprint density at radius 2 is 1.92 bits per heavy atom. The highest BCUT2D eigenvalue weighted by molar-refractivity contribution is 7.84. The number of hydrogen-bond acceptors (Lipinski definition) is 4. The summed E-state index contributed by atoms with van der Waals surface area (Å²) in [7, 11) is -1.18. The molecule has 6 heteroatoms. The lowest BCUT2D eigenvalue weighted by molar-refractivity contribution is 0.0605. The number of furan rings is 1. The van der Waals surface area contributed by atoms with Crippen LogP contribution in [0.5, 0.6) is 0 Å². The van der Waals surface area contributed by atoms with E-state index in [0.29, 0.717) is 11.5 Å². The number of carbonyl (C=O) groups is 1. The van der Waals surface area contributed by atoms with Gasteiger partial charge < -0.3 is 9.32 Å². The van der Waals surface area contributed by atoms with E-state index in [1.165, 1.54) is 0 Å². The molecule has 0 radical (unpaired) electrons. The third-order valence-corrected chi connectivity index (χ3v) is 5.92. The molecule has 1 aromatic heterocycles. The maximum absolute atomic E-state index is 12.6. The molecule has 2 aromatic rings. The lowest BCUT2D eigenvalue weighted by Gasteiger charge is -2.34. The van der Waals surface area contributed by atoms with Gasteiger partial charge in [0.1, 0.15) is 5.76 Å². The van der Waals surface area contributed by atoms with Crippen molar-refractivity contribution in [3.8, 4) is 0 Å². The maximum Gasteiger partial charge on any atom is 0.289 e. The number of benzene rings is 1. The van der Waals surface area contributed by atoms with Crippen molar-refractivity contribution in [3.05, 3.63) is 53.5 Å². The maximum atomic E-state index is 12.6. The molecule has 1 amide bonds. The van der Waals surface area contributed by atoms with Crippen molar-refractivity contribution >= 4 is 16.7 Å². The average molecular weight is 375 g/mol. The second-order valence-electron chi connectivity index (χ2n) is 6.71. The minimum atomic E-state index is -1.18. The fourth-order valence-corrected chi connectivity index (χ4v) is 4.31. The van der Waals surface area contributed by atoms with Gasteiger partial charge in [-0.1, -0.05) is 19.1 Å². The molecule has 0 saturated carbocycles. The van der Waals surface area contributed by atoms with Crippen LogP contribution in [0.4, 0.5) is 0 Å². The van der Waals surface area contributed by atoms with Crippen LogP contribution in [-0.2, 0) is 16.6 Å². The summed E-state index contributed by atoms with van der Waals surface area (Å²) in [6.07, 6.45) is 1.13. The Hall–Kier alpha value is -1.92. The van der Waals surface area contributed by atoms with Crippen LogP contribution >= 0.6 is 0 Å². The minimum absolute atomic E-state index is 0.0752. The smallest absolute Gasteiger partial charge is 0.289 e. The summed E-state index contributed by atoms with van der Waals surface area (Å²) in [4.78, 5) is 17.6. The summed E-state index contributed by atoms with van der Waals surface area (Å²) < 4.78 is 18.2. The van der Waals surface area contributed by atoms with Gasteiger partial charge in [-0.25, -0.2) is 0 Å². The number of piperazine rings is 1. The van der Waals surface area contributed by atoms with Crippen molar-refractivity contribution in [2.75, 3.05) is 32.7 Å². The fourth-order valence-electron chi connectivity index (χ4n) is 3.19. The summed E-state index contributed by atoms with van der Waals surface area (Å²) in [6.45, 7) is 8.49. The first kappa shape index (κ1) is 18.9. The molecular weight excluding hydrogens is 348 g/mol. The molecule has 1 saturated heterocycles. The van der Waals surface area contributed by atoms with Gasteiger partial charge in [-0.3, -0.25) is 13.9 Å². The van der Waals surface area contributed by atoms with Gasteiger partial charge in [-0.2, -0.15) is 0 Å². The summed E-state index contributed by atoms with van der Waals surface area (Å²) in [5.41, 5.74) is 1.08. The largest absolute Gasteiger partial charge is 0.455 e. The van der Waals surface area contributed by atoms with Crippen molar-refractivity contribution < 1.29 is 13.4 Å². The Balaban J connectivity index is 1.59. The monoisotopic (exact) mass is 374 g/mol. The molecule has 140 valence electrons. The highest BCUT2D eigenvalue weighted by Gasteiger charge is 2.24. The lowest BCUT2D eigenvalue weighted by Crippen LogP contribution is -2.48. The molecule has 1 aliphatic rings. The third-order valence-electron chi connectivity index (χ3n) is 4.60. The first-order valence-corrected chi connectivity index (χ1v) is 10.4.